The summed E-state index contributed by atoms with van der Waals surface area (Å²) in [5.74, 6) is -3.05. The van der Waals surface area contributed by atoms with Gasteiger partial charge >= 0.3 is 11.9 Å². The number of thiophene rings is 1. The van der Waals surface area contributed by atoms with E-state index in [1.807, 2.05) is 12.2 Å². The molecule has 2 N–H and O–H groups in total. The molecule has 6 nitrogen and oxygen atoms in total. The lowest BCUT2D eigenvalue weighted by atomic mass is 9.82. The number of ether oxygens (including phenoxy) is 1. The number of allylic oxidation sites excluding steroid dienone is 2. The van der Waals surface area contributed by atoms with Gasteiger partial charge in [0.15, 0.2) is 0 Å². The zero-order chi connectivity index (χ0) is 18.4. The highest BCUT2D eigenvalue weighted by Gasteiger charge is 2.51. The number of esters is 1. The van der Waals surface area contributed by atoms with Gasteiger partial charge in [-0.25, -0.2) is 4.79 Å². The van der Waals surface area contributed by atoms with Crippen LogP contribution in [0.25, 0.3) is 0 Å². The smallest absolute Gasteiger partial charge is 0.341 e. The van der Waals surface area contributed by atoms with Crippen LogP contribution in [-0.4, -0.2) is 29.6 Å². The highest BCUT2D eigenvalue weighted by atomic mass is 32.1. The van der Waals surface area contributed by atoms with Crippen molar-refractivity contribution in [3.05, 3.63) is 28.2 Å². The van der Waals surface area contributed by atoms with Gasteiger partial charge in [-0.1, -0.05) is 12.2 Å². The lowest BCUT2D eigenvalue weighted by Crippen LogP contribution is -2.36. The third kappa shape index (κ3) is 2.65. The van der Waals surface area contributed by atoms with Gasteiger partial charge in [0.2, 0.25) is 5.91 Å². The molecule has 1 aromatic heterocycles. The molecule has 3 aliphatic carbocycles. The largest absolute Gasteiger partial charge is 0.481 e. The number of nitrogens with one attached hydrogen (secondary N) is 1. The number of rotatable bonds is 5. The van der Waals surface area contributed by atoms with Gasteiger partial charge in [0, 0.05) is 4.88 Å². The van der Waals surface area contributed by atoms with Gasteiger partial charge < -0.3 is 15.2 Å². The van der Waals surface area contributed by atoms with E-state index in [0.717, 1.165) is 29.7 Å². The summed E-state index contributed by atoms with van der Waals surface area (Å²) < 4.78 is 5.18. The molecule has 7 heteroatoms. The monoisotopic (exact) mass is 375 g/mol. The molecule has 4 atom stereocenters. The maximum Gasteiger partial charge on any atom is 0.341 e. The van der Waals surface area contributed by atoms with Crippen molar-refractivity contribution in [3.63, 3.8) is 0 Å². The van der Waals surface area contributed by atoms with E-state index in [1.54, 1.807) is 6.92 Å². The number of fused-ring (bicyclic) bond motifs is 3. The van der Waals surface area contributed by atoms with Crippen LogP contribution in [0.3, 0.4) is 0 Å². The van der Waals surface area contributed by atoms with Crippen LogP contribution in [0.2, 0.25) is 0 Å². The quantitative estimate of drug-likeness (QED) is 0.610. The maximum absolute atomic E-state index is 12.9. The first-order chi connectivity index (χ1) is 12.5. The first-order valence-electron chi connectivity index (χ1n) is 9.05. The lowest BCUT2D eigenvalue weighted by Gasteiger charge is -2.23. The van der Waals surface area contributed by atoms with Gasteiger partial charge in [0.25, 0.3) is 0 Å². The minimum absolute atomic E-state index is 0.0426. The van der Waals surface area contributed by atoms with Crippen LogP contribution in [0.1, 0.15) is 40.6 Å². The molecule has 1 amide bonds. The van der Waals surface area contributed by atoms with E-state index in [9.17, 15) is 19.5 Å². The molecule has 26 heavy (non-hydrogen) atoms. The summed E-state index contributed by atoms with van der Waals surface area (Å²) in [5.41, 5.74) is 1.44. The van der Waals surface area contributed by atoms with Crippen molar-refractivity contribution in [2.45, 2.75) is 32.6 Å². The number of hydrogen-bond acceptors (Lipinski definition) is 5. The summed E-state index contributed by atoms with van der Waals surface area (Å²) in [4.78, 5) is 38.1. The third-order valence-electron chi connectivity index (χ3n) is 5.68. The number of carbonyl (C=O) groups excluding carboxylic acids is 2. The zero-order valence-electron chi connectivity index (χ0n) is 14.5. The molecular weight excluding hydrogens is 354 g/mol. The number of aliphatic carboxylic acids is 1. The summed E-state index contributed by atoms with van der Waals surface area (Å²) in [6.07, 6.45) is 7.29. The van der Waals surface area contributed by atoms with E-state index in [4.69, 9.17) is 4.74 Å². The van der Waals surface area contributed by atoms with Crippen LogP contribution in [0, 0.1) is 23.7 Å². The van der Waals surface area contributed by atoms with Gasteiger partial charge in [-0.05, 0) is 50.0 Å². The second-order valence-electron chi connectivity index (χ2n) is 7.11. The standard InChI is InChI=1S/C19H21NO5S/c1-2-25-19(24)15-11-4-3-5-12(11)26-17(15)20-16(21)13-9-6-7-10(8-9)14(13)18(22)23/h6-7,9-10,13-14H,2-5,8H2,1H3,(H,20,21)(H,22,23)/t9-,10-,13+,14+/m1/s1. The van der Waals surface area contributed by atoms with Crippen molar-refractivity contribution in [2.75, 3.05) is 11.9 Å². The minimum Gasteiger partial charge on any atom is -0.481 e. The molecule has 2 bridgehead atoms. The van der Waals surface area contributed by atoms with Crippen molar-refractivity contribution in [1.29, 1.82) is 0 Å². The minimum atomic E-state index is -0.929. The average Bonchev–Trinajstić information content (AvgIpc) is 3.33. The molecule has 1 heterocycles. The summed E-state index contributed by atoms with van der Waals surface area (Å²) in [7, 11) is 0. The second-order valence-corrected chi connectivity index (χ2v) is 8.21. The van der Waals surface area contributed by atoms with Crippen LogP contribution in [0.4, 0.5) is 5.00 Å². The van der Waals surface area contributed by atoms with Gasteiger partial charge in [-0.15, -0.1) is 11.3 Å². The fourth-order valence-corrected chi connectivity index (χ4v) is 5.90. The molecule has 1 fully saturated rings. The van der Waals surface area contributed by atoms with Crippen molar-refractivity contribution in [3.8, 4) is 0 Å². The normalized spacial score (nSPS) is 28.2. The summed E-state index contributed by atoms with van der Waals surface area (Å²) in [5, 5.41) is 12.9. The first kappa shape index (κ1) is 17.3. The van der Waals surface area contributed by atoms with E-state index in [2.05, 4.69) is 5.32 Å². The predicted molar refractivity (Wildman–Crippen MR) is 96.3 cm³/mol. The zero-order valence-corrected chi connectivity index (χ0v) is 15.3. The van der Waals surface area contributed by atoms with Crippen LogP contribution >= 0.6 is 11.3 Å². The molecule has 0 spiro atoms. The molecule has 0 aliphatic heterocycles. The van der Waals surface area contributed by atoms with Crippen molar-refractivity contribution in [2.24, 2.45) is 23.7 Å². The predicted octanol–water partition coefficient (Wildman–Crippen LogP) is 2.87. The number of carbonyl (C=O) groups is 3. The Morgan fingerprint density at radius 1 is 1.23 bits per heavy atom. The molecule has 138 valence electrons. The molecule has 4 rings (SSSR count). The fraction of sp³-hybridized carbons (Fsp3) is 0.526. The lowest BCUT2D eigenvalue weighted by molar-refractivity contribution is -0.146. The summed E-state index contributed by atoms with van der Waals surface area (Å²) in [6, 6.07) is 0. The molecule has 0 saturated heterocycles. The van der Waals surface area contributed by atoms with E-state index in [0.29, 0.717) is 17.0 Å². The van der Waals surface area contributed by atoms with Crippen LogP contribution in [0.5, 0.6) is 0 Å². The van der Waals surface area contributed by atoms with E-state index in [-0.39, 0.29) is 24.3 Å². The van der Waals surface area contributed by atoms with E-state index < -0.39 is 23.8 Å². The molecular formula is C19H21NO5S. The molecule has 0 aromatic carbocycles. The Balaban J connectivity index is 1.61. The topological polar surface area (TPSA) is 92.7 Å². The summed E-state index contributed by atoms with van der Waals surface area (Å²) >= 11 is 1.42. The number of hydrogen-bond donors (Lipinski definition) is 2. The third-order valence-corrected chi connectivity index (χ3v) is 6.89. The Morgan fingerprint density at radius 2 is 1.96 bits per heavy atom. The Morgan fingerprint density at radius 3 is 2.65 bits per heavy atom. The number of amides is 1. The number of anilines is 1. The average molecular weight is 375 g/mol. The molecule has 0 unspecified atom stereocenters. The Kier molecular flexibility index (Phi) is 4.34. The Bertz CT molecular complexity index is 811. The molecule has 3 aliphatic rings. The Labute approximate surface area is 155 Å². The number of carboxylic acid groups (broad SMARTS) is 1. The van der Waals surface area contributed by atoms with Gasteiger partial charge in [0.1, 0.15) is 5.00 Å². The highest BCUT2D eigenvalue weighted by molar-refractivity contribution is 7.17. The van der Waals surface area contributed by atoms with E-state index >= 15 is 0 Å². The molecule has 1 saturated carbocycles. The van der Waals surface area contributed by atoms with Crippen LogP contribution in [0.15, 0.2) is 12.2 Å². The number of carboxylic acids is 1. The highest BCUT2D eigenvalue weighted by Crippen LogP contribution is 2.49. The molecule has 0 radical (unpaired) electrons. The van der Waals surface area contributed by atoms with Crippen molar-refractivity contribution >= 4 is 34.2 Å². The van der Waals surface area contributed by atoms with Crippen molar-refractivity contribution < 1.29 is 24.2 Å². The van der Waals surface area contributed by atoms with Crippen LogP contribution < -0.4 is 5.32 Å². The SMILES string of the molecule is CCOC(=O)c1c(NC(=O)[C@@H]2[C@@H](C(=O)O)[C@@H]3C=C[C@@H]2C3)sc2c1CCC2. The van der Waals surface area contributed by atoms with Gasteiger partial charge in [-0.2, -0.15) is 0 Å². The van der Waals surface area contributed by atoms with E-state index in [1.165, 1.54) is 11.3 Å². The first-order valence-corrected chi connectivity index (χ1v) is 9.86. The van der Waals surface area contributed by atoms with Gasteiger partial charge in [-0.3, -0.25) is 9.59 Å². The fourth-order valence-electron chi connectivity index (χ4n) is 4.62. The number of aryl methyl sites for hydroxylation is 1. The second kappa shape index (κ2) is 6.54. The van der Waals surface area contributed by atoms with Crippen molar-refractivity contribution in [1.82, 2.24) is 0 Å². The molecule has 1 aromatic rings. The van der Waals surface area contributed by atoms with Crippen LogP contribution in [-0.2, 0) is 27.2 Å². The Hall–Kier alpha value is -2.15. The summed E-state index contributed by atoms with van der Waals surface area (Å²) in [6.45, 7) is 2.02. The van der Waals surface area contributed by atoms with Gasteiger partial charge in [0.05, 0.1) is 24.0 Å². The maximum atomic E-state index is 12.9.